The molecule has 0 aromatic heterocycles. The van der Waals surface area contributed by atoms with E-state index < -0.39 is 0 Å². The highest BCUT2D eigenvalue weighted by atomic mass is 19.1. The molecule has 0 fully saturated rings. The maximum Gasteiger partial charge on any atom is 0.165 e. The average Bonchev–Trinajstić information content (AvgIpc) is 2.72. The van der Waals surface area contributed by atoms with Gasteiger partial charge < -0.3 is 24.0 Å². The molecule has 154 valence electrons. The first-order valence-corrected chi connectivity index (χ1v) is 9.55. The fourth-order valence-corrected chi connectivity index (χ4v) is 2.84. The van der Waals surface area contributed by atoms with Crippen LogP contribution >= 0.6 is 0 Å². The molecule has 5 nitrogen and oxygen atoms in total. The predicted molar refractivity (Wildman–Crippen MR) is 111 cm³/mol. The van der Waals surface area contributed by atoms with Gasteiger partial charge in [-0.3, -0.25) is 0 Å². The highest BCUT2D eigenvalue weighted by molar-refractivity contribution is 5.51. The van der Waals surface area contributed by atoms with E-state index in [4.69, 9.17) is 14.2 Å². The quantitative estimate of drug-likeness (QED) is 0.550. The Balaban J connectivity index is 1.95. The van der Waals surface area contributed by atoms with E-state index in [-0.39, 0.29) is 11.6 Å². The zero-order chi connectivity index (χ0) is 20.4. The fraction of sp³-hybridized carbons (Fsp3) is 0.455. The number of methoxy groups -OCH3 is 2. The SMILES string of the molecule is CCN(Cc1ccc(OCCN(C)CCOC)c(F)c1)c1cccc(OC)c1. The minimum Gasteiger partial charge on any atom is -0.497 e. The summed E-state index contributed by atoms with van der Waals surface area (Å²) in [5.41, 5.74) is 1.94. The van der Waals surface area contributed by atoms with Crippen LogP contribution in [0.2, 0.25) is 0 Å². The van der Waals surface area contributed by atoms with Gasteiger partial charge in [0.15, 0.2) is 11.6 Å². The van der Waals surface area contributed by atoms with E-state index in [2.05, 4.69) is 16.7 Å². The molecule has 0 unspecified atom stereocenters. The lowest BCUT2D eigenvalue weighted by atomic mass is 10.1. The van der Waals surface area contributed by atoms with Crippen molar-refractivity contribution in [3.63, 3.8) is 0 Å². The number of anilines is 1. The number of likely N-dealkylation sites (N-methyl/N-ethyl adjacent to an activating group) is 1. The van der Waals surface area contributed by atoms with E-state index in [1.54, 1.807) is 26.4 Å². The molecule has 2 aromatic rings. The van der Waals surface area contributed by atoms with Gasteiger partial charge in [-0.2, -0.15) is 0 Å². The summed E-state index contributed by atoms with van der Waals surface area (Å²) in [5.74, 6) is 0.758. The number of hydrogen-bond donors (Lipinski definition) is 0. The van der Waals surface area contributed by atoms with Crippen LogP contribution in [0.5, 0.6) is 11.5 Å². The zero-order valence-electron chi connectivity index (χ0n) is 17.3. The first-order valence-electron chi connectivity index (χ1n) is 9.55. The van der Waals surface area contributed by atoms with E-state index >= 15 is 0 Å². The second-order valence-electron chi connectivity index (χ2n) is 6.62. The summed E-state index contributed by atoms with van der Waals surface area (Å²) in [6.45, 7) is 6.12. The van der Waals surface area contributed by atoms with Gasteiger partial charge in [-0.1, -0.05) is 12.1 Å². The predicted octanol–water partition coefficient (Wildman–Crippen LogP) is 3.82. The second kappa shape index (κ2) is 11.5. The van der Waals surface area contributed by atoms with Gasteiger partial charge in [0.1, 0.15) is 12.4 Å². The summed E-state index contributed by atoms with van der Waals surface area (Å²) in [4.78, 5) is 4.26. The Morgan fingerprint density at radius 2 is 1.79 bits per heavy atom. The van der Waals surface area contributed by atoms with Gasteiger partial charge in [0.25, 0.3) is 0 Å². The van der Waals surface area contributed by atoms with Crippen molar-refractivity contribution in [3.8, 4) is 11.5 Å². The maximum absolute atomic E-state index is 14.5. The third-order valence-corrected chi connectivity index (χ3v) is 4.58. The normalized spacial score (nSPS) is 10.9. The van der Waals surface area contributed by atoms with Crippen LogP contribution in [0.1, 0.15) is 12.5 Å². The lowest BCUT2D eigenvalue weighted by Gasteiger charge is -2.24. The molecule has 0 radical (unpaired) electrons. The zero-order valence-corrected chi connectivity index (χ0v) is 17.3. The summed E-state index contributed by atoms with van der Waals surface area (Å²) >= 11 is 0. The number of halogens is 1. The monoisotopic (exact) mass is 390 g/mol. The van der Waals surface area contributed by atoms with Crippen molar-refractivity contribution in [3.05, 3.63) is 53.8 Å². The Kier molecular flexibility index (Phi) is 9.04. The average molecular weight is 390 g/mol. The molecular weight excluding hydrogens is 359 g/mol. The fourth-order valence-electron chi connectivity index (χ4n) is 2.84. The molecule has 0 saturated carbocycles. The molecule has 0 bridgehead atoms. The van der Waals surface area contributed by atoms with Crippen LogP contribution < -0.4 is 14.4 Å². The number of ether oxygens (including phenoxy) is 3. The van der Waals surface area contributed by atoms with E-state index in [1.807, 2.05) is 37.4 Å². The minimum atomic E-state index is -0.335. The third kappa shape index (κ3) is 6.69. The number of hydrogen-bond acceptors (Lipinski definition) is 5. The molecule has 0 amide bonds. The number of benzene rings is 2. The topological polar surface area (TPSA) is 34.2 Å². The van der Waals surface area contributed by atoms with Crippen molar-refractivity contribution in [1.29, 1.82) is 0 Å². The van der Waals surface area contributed by atoms with Crippen LogP contribution in [0.25, 0.3) is 0 Å². The van der Waals surface area contributed by atoms with Crippen LogP contribution in [-0.2, 0) is 11.3 Å². The lowest BCUT2D eigenvalue weighted by molar-refractivity contribution is 0.149. The molecule has 0 aliphatic carbocycles. The highest BCUT2D eigenvalue weighted by Gasteiger charge is 2.10. The van der Waals surface area contributed by atoms with Crippen LogP contribution in [0.4, 0.5) is 10.1 Å². The summed E-state index contributed by atoms with van der Waals surface area (Å²) < 4.78 is 30.4. The van der Waals surface area contributed by atoms with Crippen LogP contribution in [0, 0.1) is 5.82 Å². The Hall–Kier alpha value is -2.31. The molecule has 0 heterocycles. The standard InChI is InChI=1S/C22H31FN2O3/c1-5-25(19-7-6-8-20(16-19)27-4)17-18-9-10-22(21(23)15-18)28-14-12-24(2)11-13-26-3/h6-10,15-16H,5,11-14,17H2,1-4H3. The van der Waals surface area contributed by atoms with Gasteiger partial charge in [-0.25, -0.2) is 4.39 Å². The van der Waals surface area contributed by atoms with Crippen molar-refractivity contribution in [2.75, 3.05) is 59.0 Å². The van der Waals surface area contributed by atoms with Gasteiger partial charge in [0, 0.05) is 45.0 Å². The van der Waals surface area contributed by atoms with E-state index in [1.165, 1.54) is 0 Å². The second-order valence-corrected chi connectivity index (χ2v) is 6.62. The molecule has 6 heteroatoms. The Morgan fingerprint density at radius 1 is 1.00 bits per heavy atom. The summed E-state index contributed by atoms with van der Waals surface area (Å²) in [5, 5.41) is 0. The van der Waals surface area contributed by atoms with Gasteiger partial charge in [0.2, 0.25) is 0 Å². The molecule has 2 rings (SSSR count). The van der Waals surface area contributed by atoms with E-state index in [0.717, 1.165) is 30.1 Å². The third-order valence-electron chi connectivity index (χ3n) is 4.58. The molecule has 2 aromatic carbocycles. The first kappa shape index (κ1) is 22.0. The van der Waals surface area contributed by atoms with Gasteiger partial charge in [0.05, 0.1) is 13.7 Å². The number of nitrogens with zero attached hydrogens (tertiary/aromatic N) is 2. The summed E-state index contributed by atoms with van der Waals surface area (Å²) in [6, 6.07) is 13.0. The summed E-state index contributed by atoms with van der Waals surface area (Å²) in [6.07, 6.45) is 0. The van der Waals surface area contributed by atoms with Crippen LogP contribution in [0.3, 0.4) is 0 Å². The largest absolute Gasteiger partial charge is 0.497 e. The highest BCUT2D eigenvalue weighted by Crippen LogP contribution is 2.24. The van der Waals surface area contributed by atoms with Crippen LogP contribution in [0.15, 0.2) is 42.5 Å². The van der Waals surface area contributed by atoms with Gasteiger partial charge >= 0.3 is 0 Å². The Morgan fingerprint density at radius 3 is 2.46 bits per heavy atom. The molecule has 0 N–H and O–H groups in total. The van der Waals surface area contributed by atoms with E-state index in [0.29, 0.717) is 26.3 Å². The molecule has 0 aliphatic rings. The van der Waals surface area contributed by atoms with Crippen molar-refractivity contribution < 1.29 is 18.6 Å². The molecule has 28 heavy (non-hydrogen) atoms. The van der Waals surface area contributed by atoms with Crippen molar-refractivity contribution >= 4 is 5.69 Å². The van der Waals surface area contributed by atoms with Crippen molar-refractivity contribution in [2.24, 2.45) is 0 Å². The molecule has 0 aliphatic heterocycles. The number of rotatable bonds is 12. The molecule has 0 spiro atoms. The van der Waals surface area contributed by atoms with Crippen LogP contribution in [-0.4, -0.2) is 59.0 Å². The lowest BCUT2D eigenvalue weighted by Crippen LogP contribution is -2.27. The maximum atomic E-state index is 14.5. The molecule has 0 atom stereocenters. The van der Waals surface area contributed by atoms with Crippen molar-refractivity contribution in [1.82, 2.24) is 4.90 Å². The van der Waals surface area contributed by atoms with Crippen molar-refractivity contribution in [2.45, 2.75) is 13.5 Å². The minimum absolute atomic E-state index is 0.285. The van der Waals surface area contributed by atoms with Gasteiger partial charge in [-0.15, -0.1) is 0 Å². The molecular formula is C22H31FN2O3. The Bertz CT molecular complexity index is 727. The van der Waals surface area contributed by atoms with Gasteiger partial charge in [-0.05, 0) is 43.8 Å². The smallest absolute Gasteiger partial charge is 0.165 e. The first-order chi connectivity index (χ1) is 13.6. The summed E-state index contributed by atoms with van der Waals surface area (Å²) in [7, 11) is 5.31. The molecule has 0 saturated heterocycles. The Labute approximate surface area is 167 Å². The van der Waals surface area contributed by atoms with E-state index in [9.17, 15) is 4.39 Å².